The second kappa shape index (κ2) is 7.21. The maximum absolute atomic E-state index is 13.4. The van der Waals surface area contributed by atoms with E-state index in [-0.39, 0.29) is 12.2 Å². The summed E-state index contributed by atoms with van der Waals surface area (Å²) >= 11 is 0. The molecule has 0 spiro atoms. The molecule has 6 heteroatoms. The maximum atomic E-state index is 13.4. The van der Waals surface area contributed by atoms with Crippen LogP contribution >= 0.6 is 0 Å². The van der Waals surface area contributed by atoms with E-state index in [0.29, 0.717) is 5.75 Å². The quantitative estimate of drug-likeness (QED) is 0.850. The van der Waals surface area contributed by atoms with Crippen molar-refractivity contribution in [2.75, 3.05) is 12.4 Å². The topological polar surface area (TPSA) is 67.4 Å². The smallest absolute Gasteiger partial charge is 0.313 e. The number of nitrogens with one attached hydrogen (secondary N) is 2. The fraction of sp³-hybridized carbons (Fsp3) is 0.125. The molecule has 2 aromatic rings. The SMILES string of the molecule is COc1cccc(CNC(=O)C(=O)Nc2ccccc2F)c1. The van der Waals surface area contributed by atoms with Gasteiger partial charge >= 0.3 is 11.8 Å². The van der Waals surface area contributed by atoms with Crippen molar-refractivity contribution in [1.82, 2.24) is 5.32 Å². The van der Waals surface area contributed by atoms with Crippen LogP contribution in [0.4, 0.5) is 10.1 Å². The van der Waals surface area contributed by atoms with Gasteiger partial charge in [-0.3, -0.25) is 9.59 Å². The molecule has 0 radical (unpaired) electrons. The molecule has 0 atom stereocenters. The molecule has 114 valence electrons. The standard InChI is InChI=1S/C16H15FN2O3/c1-22-12-6-4-5-11(9-12)10-18-15(20)16(21)19-14-8-3-2-7-13(14)17/h2-9H,10H2,1H3,(H,18,20)(H,19,21). The number of para-hydroxylation sites is 1. The Balaban J connectivity index is 1.91. The normalized spacial score (nSPS) is 9.91. The molecule has 0 aromatic heterocycles. The van der Waals surface area contributed by atoms with Gasteiger partial charge in [0, 0.05) is 6.54 Å². The molecule has 0 bridgehead atoms. The van der Waals surface area contributed by atoms with Crippen LogP contribution < -0.4 is 15.4 Å². The highest BCUT2D eigenvalue weighted by Gasteiger charge is 2.15. The van der Waals surface area contributed by atoms with Gasteiger partial charge in [-0.2, -0.15) is 0 Å². The summed E-state index contributed by atoms with van der Waals surface area (Å²) in [7, 11) is 1.54. The molecule has 0 fully saturated rings. The number of carbonyl (C=O) groups is 2. The Labute approximate surface area is 127 Å². The van der Waals surface area contributed by atoms with Crippen LogP contribution in [0, 0.1) is 5.82 Å². The van der Waals surface area contributed by atoms with Gasteiger partial charge in [-0.1, -0.05) is 24.3 Å². The minimum Gasteiger partial charge on any atom is -0.497 e. The van der Waals surface area contributed by atoms with Crippen LogP contribution in [-0.4, -0.2) is 18.9 Å². The molecule has 0 aliphatic rings. The summed E-state index contributed by atoms with van der Waals surface area (Å²) in [5.41, 5.74) is 0.746. The second-order valence-corrected chi connectivity index (χ2v) is 4.47. The molecular formula is C16H15FN2O3. The van der Waals surface area contributed by atoms with Crippen molar-refractivity contribution in [3.8, 4) is 5.75 Å². The number of hydrogen-bond acceptors (Lipinski definition) is 3. The van der Waals surface area contributed by atoms with E-state index in [2.05, 4.69) is 10.6 Å². The number of methoxy groups -OCH3 is 1. The average molecular weight is 302 g/mol. The van der Waals surface area contributed by atoms with Gasteiger partial charge in [-0.25, -0.2) is 4.39 Å². The van der Waals surface area contributed by atoms with E-state index >= 15 is 0 Å². The van der Waals surface area contributed by atoms with Crippen LogP contribution in [0.2, 0.25) is 0 Å². The number of benzene rings is 2. The molecule has 0 aliphatic carbocycles. The predicted molar refractivity (Wildman–Crippen MR) is 79.9 cm³/mol. The number of carbonyl (C=O) groups excluding carboxylic acids is 2. The molecule has 2 N–H and O–H groups in total. The molecule has 5 nitrogen and oxygen atoms in total. The molecule has 2 amide bonds. The zero-order valence-corrected chi connectivity index (χ0v) is 11.9. The van der Waals surface area contributed by atoms with Gasteiger partial charge in [-0.05, 0) is 29.8 Å². The molecular weight excluding hydrogens is 287 g/mol. The summed E-state index contributed by atoms with van der Waals surface area (Å²) in [6, 6.07) is 12.7. The largest absolute Gasteiger partial charge is 0.497 e. The number of rotatable bonds is 4. The monoisotopic (exact) mass is 302 g/mol. The van der Waals surface area contributed by atoms with Gasteiger partial charge in [0.15, 0.2) is 0 Å². The highest BCUT2D eigenvalue weighted by Crippen LogP contribution is 2.13. The Bertz CT molecular complexity index is 689. The highest BCUT2D eigenvalue weighted by molar-refractivity contribution is 6.39. The Hall–Kier alpha value is -2.89. The van der Waals surface area contributed by atoms with Gasteiger partial charge in [0.25, 0.3) is 0 Å². The zero-order valence-electron chi connectivity index (χ0n) is 11.9. The van der Waals surface area contributed by atoms with Crippen LogP contribution in [0.1, 0.15) is 5.56 Å². The van der Waals surface area contributed by atoms with Crippen LogP contribution in [0.3, 0.4) is 0 Å². The van der Waals surface area contributed by atoms with Gasteiger partial charge in [-0.15, -0.1) is 0 Å². The van der Waals surface area contributed by atoms with Gasteiger partial charge in [0.1, 0.15) is 11.6 Å². The Morgan fingerprint density at radius 1 is 1.09 bits per heavy atom. The minimum absolute atomic E-state index is 0.0379. The molecule has 2 rings (SSSR count). The molecule has 0 saturated heterocycles. The van der Waals surface area contributed by atoms with Crippen LogP contribution in [-0.2, 0) is 16.1 Å². The number of ether oxygens (including phenoxy) is 1. The lowest BCUT2D eigenvalue weighted by molar-refractivity contribution is -0.136. The molecule has 2 aromatic carbocycles. The van der Waals surface area contributed by atoms with Crippen molar-refractivity contribution in [1.29, 1.82) is 0 Å². The Morgan fingerprint density at radius 3 is 2.59 bits per heavy atom. The molecule has 0 unspecified atom stereocenters. The fourth-order valence-corrected chi connectivity index (χ4v) is 1.79. The van der Waals surface area contributed by atoms with Crippen molar-refractivity contribution >= 4 is 17.5 Å². The first-order valence-electron chi connectivity index (χ1n) is 6.57. The minimum atomic E-state index is -0.923. The third-order valence-corrected chi connectivity index (χ3v) is 2.92. The summed E-state index contributed by atoms with van der Waals surface area (Å²) in [6.07, 6.45) is 0. The fourth-order valence-electron chi connectivity index (χ4n) is 1.79. The van der Waals surface area contributed by atoms with Crippen molar-refractivity contribution in [2.45, 2.75) is 6.54 Å². The summed E-state index contributed by atoms with van der Waals surface area (Å²) in [6.45, 7) is 0.167. The van der Waals surface area contributed by atoms with Crippen molar-refractivity contribution in [3.05, 3.63) is 59.9 Å². The summed E-state index contributed by atoms with van der Waals surface area (Å²) in [4.78, 5) is 23.4. The summed E-state index contributed by atoms with van der Waals surface area (Å²) in [5.74, 6) is -1.71. The Morgan fingerprint density at radius 2 is 1.86 bits per heavy atom. The predicted octanol–water partition coefficient (Wildman–Crippen LogP) is 2.09. The van der Waals surface area contributed by atoms with Gasteiger partial charge in [0.2, 0.25) is 0 Å². The lowest BCUT2D eigenvalue weighted by atomic mass is 10.2. The number of anilines is 1. The van der Waals surface area contributed by atoms with E-state index < -0.39 is 17.6 Å². The van der Waals surface area contributed by atoms with Gasteiger partial charge < -0.3 is 15.4 Å². The first-order valence-corrected chi connectivity index (χ1v) is 6.57. The number of hydrogen-bond donors (Lipinski definition) is 2. The van der Waals surface area contributed by atoms with Crippen LogP contribution in [0.5, 0.6) is 5.75 Å². The lowest BCUT2D eigenvalue weighted by Crippen LogP contribution is -2.35. The average Bonchev–Trinajstić information content (AvgIpc) is 2.54. The van der Waals surface area contributed by atoms with Gasteiger partial charge in [0.05, 0.1) is 12.8 Å². The first-order chi connectivity index (χ1) is 10.6. The molecule has 22 heavy (non-hydrogen) atoms. The molecule has 0 aliphatic heterocycles. The number of halogens is 1. The molecule has 0 heterocycles. The lowest BCUT2D eigenvalue weighted by Gasteiger charge is -2.08. The third kappa shape index (κ3) is 4.05. The van der Waals surface area contributed by atoms with Crippen molar-refractivity contribution in [3.63, 3.8) is 0 Å². The van der Waals surface area contributed by atoms with Crippen molar-refractivity contribution in [2.24, 2.45) is 0 Å². The van der Waals surface area contributed by atoms with E-state index in [4.69, 9.17) is 4.74 Å². The van der Waals surface area contributed by atoms with E-state index in [9.17, 15) is 14.0 Å². The first kappa shape index (κ1) is 15.5. The number of amides is 2. The van der Waals surface area contributed by atoms with E-state index in [1.165, 1.54) is 18.2 Å². The second-order valence-electron chi connectivity index (χ2n) is 4.47. The van der Waals surface area contributed by atoms with Crippen LogP contribution in [0.15, 0.2) is 48.5 Å². The van der Waals surface area contributed by atoms with E-state index in [1.807, 2.05) is 0 Å². The van der Waals surface area contributed by atoms with E-state index in [1.54, 1.807) is 37.4 Å². The van der Waals surface area contributed by atoms with E-state index in [0.717, 1.165) is 5.56 Å². The van der Waals surface area contributed by atoms with Crippen molar-refractivity contribution < 1.29 is 18.7 Å². The zero-order chi connectivity index (χ0) is 15.9. The summed E-state index contributed by atoms with van der Waals surface area (Å²) < 4.78 is 18.5. The van der Waals surface area contributed by atoms with Crippen LogP contribution in [0.25, 0.3) is 0 Å². The Kier molecular flexibility index (Phi) is 5.08. The third-order valence-electron chi connectivity index (χ3n) is 2.92. The summed E-state index contributed by atoms with van der Waals surface area (Å²) in [5, 5.41) is 4.68. The maximum Gasteiger partial charge on any atom is 0.313 e. The molecule has 0 saturated carbocycles. The highest BCUT2D eigenvalue weighted by atomic mass is 19.1.